The average Bonchev–Trinajstić information content (AvgIpc) is 2.52. The van der Waals surface area contributed by atoms with Crippen molar-refractivity contribution in [3.63, 3.8) is 0 Å². The fourth-order valence-corrected chi connectivity index (χ4v) is 2.53. The molecule has 2 aromatic rings. The van der Waals surface area contributed by atoms with E-state index in [-0.39, 0.29) is 11.9 Å². The van der Waals surface area contributed by atoms with Gasteiger partial charge >= 0.3 is 5.91 Å². The molecule has 0 aliphatic carbocycles. The van der Waals surface area contributed by atoms with Crippen molar-refractivity contribution in [2.45, 2.75) is 12.5 Å². The minimum atomic E-state index is -0.207. The third kappa shape index (κ3) is 2.96. The first kappa shape index (κ1) is 13.4. The fraction of sp³-hybridized carbons (Fsp3) is 0.167. The number of nitrogens with zero attached hydrogens (tertiary/aromatic N) is 1. The Morgan fingerprint density at radius 3 is 2.62 bits per heavy atom. The molecular formula is C18H16N2O. The van der Waals surface area contributed by atoms with E-state index in [4.69, 9.17) is 5.73 Å². The molecule has 1 aliphatic heterocycles. The summed E-state index contributed by atoms with van der Waals surface area (Å²) in [5.41, 5.74) is 8.90. The highest BCUT2D eigenvalue weighted by molar-refractivity contribution is 6.07. The molecule has 0 bridgehead atoms. The molecule has 0 saturated carbocycles. The molecule has 0 radical (unpaired) electrons. The first-order chi connectivity index (χ1) is 10.2. The Hall–Kier alpha value is -2.57. The Labute approximate surface area is 124 Å². The van der Waals surface area contributed by atoms with E-state index < -0.39 is 0 Å². The number of rotatable bonds is 0. The lowest BCUT2D eigenvalue weighted by molar-refractivity contribution is -0.113. The second kappa shape index (κ2) is 5.82. The van der Waals surface area contributed by atoms with Crippen LogP contribution in [0.1, 0.15) is 11.1 Å². The molecule has 2 aromatic carbocycles. The molecule has 1 atom stereocenters. The SMILES string of the molecule is NC1Cc2ccccc2N(C(=O)C#Cc2ccccc2)C1. The van der Waals surface area contributed by atoms with Gasteiger partial charge in [-0.1, -0.05) is 42.3 Å². The van der Waals surface area contributed by atoms with Crippen LogP contribution in [0.3, 0.4) is 0 Å². The van der Waals surface area contributed by atoms with Crippen LogP contribution in [0.2, 0.25) is 0 Å². The number of para-hydroxylation sites is 1. The number of benzene rings is 2. The van der Waals surface area contributed by atoms with Crippen molar-refractivity contribution in [1.82, 2.24) is 0 Å². The van der Waals surface area contributed by atoms with Gasteiger partial charge in [-0.05, 0) is 30.2 Å². The van der Waals surface area contributed by atoms with Crippen molar-refractivity contribution in [3.05, 3.63) is 65.7 Å². The van der Waals surface area contributed by atoms with Crippen LogP contribution in [0.5, 0.6) is 0 Å². The molecule has 0 aromatic heterocycles. The maximum Gasteiger partial charge on any atom is 0.303 e. The summed E-state index contributed by atoms with van der Waals surface area (Å²) in [6.07, 6.45) is 0.798. The van der Waals surface area contributed by atoms with Crippen LogP contribution in [0, 0.1) is 11.8 Å². The highest BCUT2D eigenvalue weighted by Crippen LogP contribution is 2.26. The van der Waals surface area contributed by atoms with Crippen molar-refractivity contribution >= 4 is 11.6 Å². The van der Waals surface area contributed by atoms with E-state index in [0.717, 1.165) is 23.2 Å². The summed E-state index contributed by atoms with van der Waals surface area (Å²) in [6.45, 7) is 0.513. The summed E-state index contributed by atoms with van der Waals surface area (Å²) >= 11 is 0. The maximum atomic E-state index is 12.4. The van der Waals surface area contributed by atoms with Gasteiger partial charge in [-0.25, -0.2) is 0 Å². The minimum Gasteiger partial charge on any atom is -0.326 e. The van der Waals surface area contributed by atoms with Crippen LogP contribution in [-0.4, -0.2) is 18.5 Å². The summed E-state index contributed by atoms with van der Waals surface area (Å²) in [7, 11) is 0. The normalized spacial score (nSPS) is 16.6. The van der Waals surface area contributed by atoms with Crippen molar-refractivity contribution < 1.29 is 4.79 Å². The second-order valence-corrected chi connectivity index (χ2v) is 5.12. The summed E-state index contributed by atoms with van der Waals surface area (Å²) in [5, 5.41) is 0. The molecular weight excluding hydrogens is 260 g/mol. The predicted molar refractivity (Wildman–Crippen MR) is 83.8 cm³/mol. The van der Waals surface area contributed by atoms with E-state index in [1.807, 2.05) is 54.6 Å². The van der Waals surface area contributed by atoms with Gasteiger partial charge in [0.1, 0.15) is 0 Å². The van der Waals surface area contributed by atoms with E-state index >= 15 is 0 Å². The van der Waals surface area contributed by atoms with Crippen molar-refractivity contribution in [2.75, 3.05) is 11.4 Å². The van der Waals surface area contributed by atoms with Gasteiger partial charge in [0.2, 0.25) is 0 Å². The van der Waals surface area contributed by atoms with Crippen molar-refractivity contribution in [3.8, 4) is 11.8 Å². The summed E-state index contributed by atoms with van der Waals surface area (Å²) < 4.78 is 0. The summed E-state index contributed by atoms with van der Waals surface area (Å²) in [4.78, 5) is 14.1. The van der Waals surface area contributed by atoms with Crippen LogP contribution in [0.15, 0.2) is 54.6 Å². The van der Waals surface area contributed by atoms with Gasteiger partial charge < -0.3 is 5.73 Å². The minimum absolute atomic E-state index is 0.0395. The molecule has 0 fully saturated rings. The highest BCUT2D eigenvalue weighted by atomic mass is 16.2. The summed E-state index contributed by atoms with van der Waals surface area (Å²) in [5.74, 6) is 5.41. The molecule has 1 unspecified atom stereocenters. The van der Waals surface area contributed by atoms with Gasteiger partial charge in [0.25, 0.3) is 0 Å². The topological polar surface area (TPSA) is 46.3 Å². The van der Waals surface area contributed by atoms with Crippen LogP contribution in [0.25, 0.3) is 0 Å². The van der Waals surface area contributed by atoms with Crippen molar-refractivity contribution in [1.29, 1.82) is 0 Å². The Bertz CT molecular complexity index is 713. The number of hydrogen-bond donors (Lipinski definition) is 1. The molecule has 3 heteroatoms. The lowest BCUT2D eigenvalue weighted by Gasteiger charge is -2.31. The number of nitrogens with two attached hydrogens (primary N) is 1. The number of carbonyl (C=O) groups is 1. The molecule has 0 saturated heterocycles. The van der Waals surface area contributed by atoms with E-state index in [9.17, 15) is 4.79 Å². The molecule has 3 nitrogen and oxygen atoms in total. The third-order valence-electron chi connectivity index (χ3n) is 3.51. The molecule has 1 heterocycles. The first-order valence-electron chi connectivity index (χ1n) is 6.96. The summed E-state index contributed by atoms with van der Waals surface area (Å²) in [6, 6.07) is 17.3. The zero-order valence-corrected chi connectivity index (χ0v) is 11.6. The largest absolute Gasteiger partial charge is 0.326 e. The van der Waals surface area contributed by atoms with Crippen molar-refractivity contribution in [2.24, 2.45) is 5.73 Å². The molecule has 1 amide bonds. The van der Waals surface area contributed by atoms with Gasteiger partial charge in [0.05, 0.1) is 0 Å². The molecule has 21 heavy (non-hydrogen) atoms. The van der Waals surface area contributed by atoms with Gasteiger partial charge in [0, 0.05) is 29.8 Å². The second-order valence-electron chi connectivity index (χ2n) is 5.12. The Morgan fingerprint density at radius 1 is 1.10 bits per heavy atom. The quantitative estimate of drug-likeness (QED) is 0.748. The zero-order valence-electron chi connectivity index (χ0n) is 11.6. The number of hydrogen-bond acceptors (Lipinski definition) is 2. The average molecular weight is 276 g/mol. The predicted octanol–water partition coefficient (Wildman–Crippen LogP) is 1.95. The number of anilines is 1. The molecule has 1 aliphatic rings. The van der Waals surface area contributed by atoms with E-state index in [1.54, 1.807) is 4.90 Å². The first-order valence-corrected chi connectivity index (χ1v) is 6.96. The molecule has 0 spiro atoms. The lowest BCUT2D eigenvalue weighted by Crippen LogP contribution is -2.45. The van der Waals surface area contributed by atoms with Crippen LogP contribution >= 0.6 is 0 Å². The highest BCUT2D eigenvalue weighted by Gasteiger charge is 2.25. The third-order valence-corrected chi connectivity index (χ3v) is 3.51. The smallest absolute Gasteiger partial charge is 0.303 e. The maximum absolute atomic E-state index is 12.4. The zero-order chi connectivity index (χ0) is 14.7. The lowest BCUT2D eigenvalue weighted by atomic mass is 9.98. The number of carbonyl (C=O) groups excluding carboxylic acids is 1. The monoisotopic (exact) mass is 276 g/mol. The van der Waals surface area contributed by atoms with Gasteiger partial charge in [-0.2, -0.15) is 0 Å². The van der Waals surface area contributed by atoms with Gasteiger partial charge in [-0.3, -0.25) is 9.69 Å². The number of fused-ring (bicyclic) bond motifs is 1. The molecule has 2 N–H and O–H groups in total. The van der Waals surface area contributed by atoms with Crippen LogP contribution in [-0.2, 0) is 11.2 Å². The standard InChI is InChI=1S/C18H16N2O/c19-16-12-15-8-4-5-9-17(15)20(13-16)18(21)11-10-14-6-2-1-3-7-14/h1-9,16H,12-13,19H2. The van der Waals surface area contributed by atoms with Gasteiger partial charge in [-0.15, -0.1) is 0 Å². The van der Waals surface area contributed by atoms with E-state index in [2.05, 4.69) is 11.8 Å². The van der Waals surface area contributed by atoms with E-state index in [0.29, 0.717) is 6.54 Å². The Morgan fingerprint density at radius 2 is 1.81 bits per heavy atom. The Balaban J connectivity index is 1.87. The van der Waals surface area contributed by atoms with Crippen LogP contribution < -0.4 is 10.6 Å². The Kier molecular flexibility index (Phi) is 3.72. The molecule has 3 rings (SSSR count). The van der Waals surface area contributed by atoms with Gasteiger partial charge in [0.15, 0.2) is 0 Å². The number of amides is 1. The van der Waals surface area contributed by atoms with Crippen LogP contribution in [0.4, 0.5) is 5.69 Å². The fourth-order valence-electron chi connectivity index (χ4n) is 2.53. The molecule has 104 valence electrons. The van der Waals surface area contributed by atoms with E-state index in [1.165, 1.54) is 0 Å².